The molecular formula is C33H29N5O. The van der Waals surface area contributed by atoms with Crippen molar-refractivity contribution in [2.24, 2.45) is 5.73 Å². The first kappa shape index (κ1) is 23.4. The number of amides is 1. The topological polar surface area (TPSA) is 85.8 Å². The predicted molar refractivity (Wildman–Crippen MR) is 158 cm³/mol. The fourth-order valence-corrected chi connectivity index (χ4v) is 6.07. The number of fused-ring (bicyclic) bond motifs is 4. The van der Waals surface area contributed by atoms with Gasteiger partial charge in [-0.1, -0.05) is 67.8 Å². The molecule has 3 N–H and O–H groups in total. The van der Waals surface area contributed by atoms with Crippen molar-refractivity contribution in [2.75, 3.05) is 5.32 Å². The highest BCUT2D eigenvalue weighted by Gasteiger charge is 2.21. The summed E-state index contributed by atoms with van der Waals surface area (Å²) in [6, 6.07) is 27.5. The standard InChI is InChI=1S/C33H29N5O/c34-33(39)26-20-36-31(18-28(26)37-23-10-2-1-3-11-23)38-29-15-7-5-12-25(29)32-24(13-8-16-30(32)38)22-17-21-9-4-6-14-27(21)35-19-22/h4-9,12-20,23H,1-3,10-11H2,(H2,34,39)(H,36,37). The van der Waals surface area contributed by atoms with Gasteiger partial charge >= 0.3 is 0 Å². The fraction of sp³-hybridized carbons (Fsp3) is 0.182. The molecular weight excluding hydrogens is 482 g/mol. The number of rotatable bonds is 5. The number of pyridine rings is 2. The van der Waals surface area contributed by atoms with Crippen LogP contribution in [0.5, 0.6) is 0 Å². The number of nitrogens with two attached hydrogens (primary N) is 1. The molecule has 1 aliphatic carbocycles. The summed E-state index contributed by atoms with van der Waals surface area (Å²) in [4.78, 5) is 21.8. The van der Waals surface area contributed by atoms with Gasteiger partial charge in [-0.15, -0.1) is 0 Å². The summed E-state index contributed by atoms with van der Waals surface area (Å²) in [6.07, 6.45) is 9.40. The molecule has 3 aromatic carbocycles. The zero-order valence-electron chi connectivity index (χ0n) is 21.6. The molecule has 192 valence electrons. The van der Waals surface area contributed by atoms with Crippen LogP contribution in [-0.2, 0) is 0 Å². The van der Waals surface area contributed by atoms with Gasteiger partial charge in [-0.2, -0.15) is 0 Å². The maximum Gasteiger partial charge on any atom is 0.252 e. The van der Waals surface area contributed by atoms with Crippen LogP contribution in [0.2, 0.25) is 0 Å². The summed E-state index contributed by atoms with van der Waals surface area (Å²) >= 11 is 0. The van der Waals surface area contributed by atoms with E-state index in [2.05, 4.69) is 58.4 Å². The van der Waals surface area contributed by atoms with Gasteiger partial charge in [-0.25, -0.2) is 4.98 Å². The number of carbonyl (C=O) groups is 1. The van der Waals surface area contributed by atoms with Crippen molar-refractivity contribution >= 4 is 44.3 Å². The average Bonchev–Trinajstić information content (AvgIpc) is 3.32. The Bertz CT molecular complexity index is 1870. The van der Waals surface area contributed by atoms with Gasteiger partial charge in [0.05, 0.1) is 27.8 Å². The third-order valence-electron chi connectivity index (χ3n) is 7.95. The molecule has 0 atom stereocenters. The van der Waals surface area contributed by atoms with Crippen LogP contribution in [0, 0.1) is 0 Å². The molecule has 1 fully saturated rings. The molecule has 1 amide bonds. The number of aromatic nitrogens is 3. The Labute approximate surface area is 226 Å². The quantitative estimate of drug-likeness (QED) is 0.255. The zero-order chi connectivity index (χ0) is 26.3. The summed E-state index contributed by atoms with van der Waals surface area (Å²) < 4.78 is 2.18. The number of benzene rings is 3. The number of para-hydroxylation sites is 2. The van der Waals surface area contributed by atoms with Gasteiger partial charge in [0.25, 0.3) is 5.91 Å². The molecule has 3 heterocycles. The molecule has 0 radical (unpaired) electrons. The Morgan fingerprint density at radius 1 is 0.846 bits per heavy atom. The highest BCUT2D eigenvalue weighted by Crippen LogP contribution is 2.39. The Hall–Kier alpha value is -4.71. The summed E-state index contributed by atoms with van der Waals surface area (Å²) in [5, 5.41) is 7.01. The lowest BCUT2D eigenvalue weighted by atomic mass is 9.95. The van der Waals surface area contributed by atoms with E-state index in [9.17, 15) is 4.79 Å². The minimum absolute atomic E-state index is 0.331. The van der Waals surface area contributed by atoms with E-state index >= 15 is 0 Å². The predicted octanol–water partition coefficient (Wildman–Crippen LogP) is 7.24. The van der Waals surface area contributed by atoms with E-state index in [4.69, 9.17) is 15.7 Å². The maximum absolute atomic E-state index is 12.3. The average molecular weight is 512 g/mol. The summed E-state index contributed by atoms with van der Waals surface area (Å²) in [6.45, 7) is 0. The summed E-state index contributed by atoms with van der Waals surface area (Å²) in [5.74, 6) is 0.277. The van der Waals surface area contributed by atoms with Crippen molar-refractivity contribution in [1.29, 1.82) is 0 Å². The number of hydrogen-bond donors (Lipinski definition) is 2. The second kappa shape index (κ2) is 9.55. The van der Waals surface area contributed by atoms with Crippen LogP contribution < -0.4 is 11.1 Å². The largest absolute Gasteiger partial charge is 0.382 e. The van der Waals surface area contributed by atoms with Gasteiger partial charge in [-0.05, 0) is 42.7 Å². The minimum Gasteiger partial charge on any atom is -0.382 e. The van der Waals surface area contributed by atoms with Crippen molar-refractivity contribution in [3.05, 3.63) is 96.8 Å². The first-order valence-electron chi connectivity index (χ1n) is 13.6. The lowest BCUT2D eigenvalue weighted by Crippen LogP contribution is -2.25. The number of nitrogens with one attached hydrogen (secondary N) is 1. The third-order valence-corrected chi connectivity index (χ3v) is 7.95. The maximum atomic E-state index is 12.3. The molecule has 1 aliphatic rings. The molecule has 6 aromatic rings. The lowest BCUT2D eigenvalue weighted by molar-refractivity contribution is 0.100. The molecule has 39 heavy (non-hydrogen) atoms. The normalized spacial score (nSPS) is 14.3. The van der Waals surface area contributed by atoms with E-state index in [-0.39, 0.29) is 0 Å². The van der Waals surface area contributed by atoms with Crippen LogP contribution in [0.1, 0.15) is 42.5 Å². The van der Waals surface area contributed by atoms with E-state index in [1.165, 1.54) is 19.3 Å². The van der Waals surface area contributed by atoms with E-state index in [0.29, 0.717) is 11.6 Å². The number of carbonyl (C=O) groups excluding carboxylic acids is 1. The molecule has 7 rings (SSSR count). The van der Waals surface area contributed by atoms with E-state index < -0.39 is 5.91 Å². The number of primary amides is 1. The smallest absolute Gasteiger partial charge is 0.252 e. The summed E-state index contributed by atoms with van der Waals surface area (Å²) in [7, 11) is 0. The molecule has 0 bridgehead atoms. The van der Waals surface area contributed by atoms with E-state index in [1.807, 2.05) is 36.5 Å². The van der Waals surface area contributed by atoms with Crippen LogP contribution in [0.25, 0.3) is 49.7 Å². The van der Waals surface area contributed by atoms with Gasteiger partial charge < -0.3 is 11.1 Å². The lowest BCUT2D eigenvalue weighted by Gasteiger charge is -2.25. The summed E-state index contributed by atoms with van der Waals surface area (Å²) in [5.41, 5.74) is 12.2. The first-order valence-corrected chi connectivity index (χ1v) is 13.6. The van der Waals surface area contributed by atoms with Crippen molar-refractivity contribution in [3.8, 4) is 16.9 Å². The molecule has 1 saturated carbocycles. The van der Waals surface area contributed by atoms with Crippen molar-refractivity contribution in [2.45, 2.75) is 38.1 Å². The Kier molecular flexibility index (Phi) is 5.73. The van der Waals surface area contributed by atoms with Crippen molar-refractivity contribution in [1.82, 2.24) is 14.5 Å². The number of nitrogens with zero attached hydrogens (tertiary/aromatic N) is 3. The van der Waals surface area contributed by atoms with Crippen LogP contribution >= 0.6 is 0 Å². The monoisotopic (exact) mass is 511 g/mol. The minimum atomic E-state index is -0.472. The Balaban J connectivity index is 1.44. The Morgan fingerprint density at radius 3 is 2.51 bits per heavy atom. The molecule has 0 saturated heterocycles. The molecule has 6 nitrogen and oxygen atoms in total. The SMILES string of the molecule is NC(=O)c1cnc(-n2c3ccccc3c3c(-c4cnc5ccccc5c4)cccc32)cc1NC1CCCCC1. The molecule has 0 unspecified atom stereocenters. The van der Waals surface area contributed by atoms with Crippen LogP contribution in [0.15, 0.2) is 91.3 Å². The van der Waals surface area contributed by atoms with E-state index in [1.54, 1.807) is 6.20 Å². The molecule has 3 aromatic heterocycles. The third kappa shape index (κ3) is 4.09. The van der Waals surface area contributed by atoms with Crippen LogP contribution in [0.3, 0.4) is 0 Å². The highest BCUT2D eigenvalue weighted by molar-refractivity contribution is 6.16. The molecule has 0 spiro atoms. The zero-order valence-corrected chi connectivity index (χ0v) is 21.6. The Morgan fingerprint density at radius 2 is 1.64 bits per heavy atom. The number of anilines is 1. The van der Waals surface area contributed by atoms with Gasteiger partial charge in [0.2, 0.25) is 0 Å². The first-order chi connectivity index (χ1) is 19.2. The second-order valence-electron chi connectivity index (χ2n) is 10.4. The van der Waals surface area contributed by atoms with Crippen molar-refractivity contribution < 1.29 is 4.79 Å². The van der Waals surface area contributed by atoms with Gasteiger partial charge in [0, 0.05) is 46.2 Å². The van der Waals surface area contributed by atoms with Crippen LogP contribution in [0.4, 0.5) is 5.69 Å². The molecule has 6 heteroatoms. The van der Waals surface area contributed by atoms with Crippen molar-refractivity contribution in [3.63, 3.8) is 0 Å². The number of hydrogen-bond acceptors (Lipinski definition) is 4. The van der Waals surface area contributed by atoms with Gasteiger partial charge in [-0.3, -0.25) is 14.3 Å². The van der Waals surface area contributed by atoms with Gasteiger partial charge in [0.1, 0.15) is 5.82 Å². The fourth-order valence-electron chi connectivity index (χ4n) is 6.07. The van der Waals surface area contributed by atoms with Gasteiger partial charge in [0.15, 0.2) is 0 Å². The molecule has 0 aliphatic heterocycles. The second-order valence-corrected chi connectivity index (χ2v) is 10.4. The highest BCUT2D eigenvalue weighted by atomic mass is 16.1. The van der Waals surface area contributed by atoms with E-state index in [0.717, 1.165) is 68.2 Å². The van der Waals surface area contributed by atoms with Crippen LogP contribution in [-0.4, -0.2) is 26.5 Å².